The molecule has 184 valence electrons. The van der Waals surface area contributed by atoms with Gasteiger partial charge in [-0.15, -0.1) is 0 Å². The van der Waals surface area contributed by atoms with E-state index in [0.717, 1.165) is 18.4 Å². The topological polar surface area (TPSA) is 21.2 Å². The quantitative estimate of drug-likeness (QED) is 0.141. The zero-order valence-corrected chi connectivity index (χ0v) is 23.3. The zero-order valence-electron chi connectivity index (χ0n) is 23.3. The number of aryl methyl sites for hydroxylation is 3. The van der Waals surface area contributed by atoms with Crippen LogP contribution in [0.1, 0.15) is 63.8 Å². The second-order valence-electron chi connectivity index (χ2n) is 13.5. The highest BCUT2D eigenvalue weighted by Crippen LogP contribution is 2.42. The van der Waals surface area contributed by atoms with Gasteiger partial charge in [0.25, 0.3) is 6.33 Å². The Morgan fingerprint density at radius 3 is 2.17 bits per heavy atom. The van der Waals surface area contributed by atoms with Crippen LogP contribution in [-0.4, -0.2) is 9.38 Å². The lowest BCUT2D eigenvalue weighted by atomic mass is 9.87. The molecule has 3 heterocycles. The van der Waals surface area contributed by atoms with Crippen molar-refractivity contribution < 1.29 is 4.57 Å². The molecule has 6 rings (SSSR count). The van der Waals surface area contributed by atoms with E-state index in [9.17, 15) is 0 Å². The largest absolute Gasteiger partial charge is 0.308 e. The number of aromatic nitrogens is 3. The highest BCUT2D eigenvalue weighted by molar-refractivity contribution is 6.25. The molecule has 0 fully saturated rings. The van der Waals surface area contributed by atoms with Crippen molar-refractivity contribution in [1.82, 2.24) is 9.38 Å². The van der Waals surface area contributed by atoms with Gasteiger partial charge in [-0.25, -0.2) is 4.57 Å². The van der Waals surface area contributed by atoms with Crippen LogP contribution in [0.5, 0.6) is 0 Å². The van der Waals surface area contributed by atoms with Gasteiger partial charge in [0.15, 0.2) is 5.52 Å². The predicted octanol–water partition coefficient (Wildman–Crippen LogP) is 8.00. The number of hydrogen-bond donors (Lipinski definition) is 0. The molecule has 0 saturated carbocycles. The molecule has 3 nitrogen and oxygen atoms in total. The summed E-state index contributed by atoms with van der Waals surface area (Å²) in [5.74, 6) is 0. The molecule has 0 bridgehead atoms. The second-order valence-corrected chi connectivity index (χ2v) is 13.5. The van der Waals surface area contributed by atoms with Crippen LogP contribution in [0, 0.1) is 24.7 Å². The highest BCUT2D eigenvalue weighted by Gasteiger charge is 2.26. The van der Waals surface area contributed by atoms with Crippen LogP contribution in [0.25, 0.3) is 49.1 Å². The number of fused-ring (bicyclic) bond motifs is 5. The van der Waals surface area contributed by atoms with Crippen molar-refractivity contribution in [2.75, 3.05) is 0 Å². The third-order valence-corrected chi connectivity index (χ3v) is 7.70. The molecule has 0 aliphatic heterocycles. The number of nitrogens with zero attached hydrogens (tertiary/aromatic N) is 3. The minimum absolute atomic E-state index is 0.207. The average molecular weight is 477 g/mol. The molecule has 6 aromatic rings. The summed E-state index contributed by atoms with van der Waals surface area (Å²) < 4.78 is 4.76. The molecule has 0 amide bonds. The molecule has 0 atom stereocenters. The Balaban J connectivity index is 1.87. The first-order valence-corrected chi connectivity index (χ1v) is 13.2. The number of rotatable bonds is 2. The summed E-state index contributed by atoms with van der Waals surface area (Å²) in [6, 6.07) is 14.3. The van der Waals surface area contributed by atoms with E-state index in [1.807, 2.05) is 6.33 Å². The Morgan fingerprint density at radius 2 is 1.47 bits per heavy atom. The van der Waals surface area contributed by atoms with Gasteiger partial charge in [-0.1, -0.05) is 47.6 Å². The standard InChI is InChI=1S/C33H38N3/c1-19-12-24-23-13-21(16-32(3,4)5)10-11-26(23)36-27-15-22(17-33(6,7)8)14-25-29(27)31(35(9)18-34-25)28(20(19)2)30(24)36/h10-15,18H,16-17H2,1-9H3/q+1. The van der Waals surface area contributed by atoms with Gasteiger partial charge in [0, 0.05) is 10.8 Å². The second kappa shape index (κ2) is 7.41. The first-order chi connectivity index (χ1) is 16.8. The molecule has 3 aromatic carbocycles. The predicted molar refractivity (Wildman–Crippen MR) is 153 cm³/mol. The minimum atomic E-state index is 0.207. The third-order valence-electron chi connectivity index (χ3n) is 7.70. The third kappa shape index (κ3) is 3.47. The molecule has 0 saturated heterocycles. The van der Waals surface area contributed by atoms with E-state index in [1.54, 1.807) is 0 Å². The van der Waals surface area contributed by atoms with E-state index in [4.69, 9.17) is 4.98 Å². The Hall–Kier alpha value is -3.20. The smallest absolute Gasteiger partial charge is 0.287 e. The van der Waals surface area contributed by atoms with Crippen LogP contribution in [0.15, 0.2) is 42.7 Å². The molecule has 0 unspecified atom stereocenters. The van der Waals surface area contributed by atoms with Gasteiger partial charge in [0.1, 0.15) is 5.52 Å². The lowest BCUT2D eigenvalue weighted by molar-refractivity contribution is -0.646. The van der Waals surface area contributed by atoms with Crippen molar-refractivity contribution in [3.63, 3.8) is 0 Å². The summed E-state index contributed by atoms with van der Waals surface area (Å²) in [4.78, 5) is 4.93. The Morgan fingerprint density at radius 1 is 0.778 bits per heavy atom. The van der Waals surface area contributed by atoms with Crippen molar-refractivity contribution in [3.8, 4) is 0 Å². The van der Waals surface area contributed by atoms with E-state index in [1.165, 1.54) is 65.9 Å². The monoisotopic (exact) mass is 476 g/mol. The van der Waals surface area contributed by atoms with Crippen LogP contribution in [0.2, 0.25) is 0 Å². The van der Waals surface area contributed by atoms with Crippen LogP contribution >= 0.6 is 0 Å². The average Bonchev–Trinajstić information content (AvgIpc) is 3.06. The van der Waals surface area contributed by atoms with Gasteiger partial charge in [-0.05, 0) is 95.1 Å². The molecular formula is C33H38N3+. The van der Waals surface area contributed by atoms with Gasteiger partial charge in [-0.3, -0.25) is 0 Å². The van der Waals surface area contributed by atoms with Gasteiger partial charge in [0.05, 0.1) is 34.4 Å². The first kappa shape index (κ1) is 23.2. The molecule has 0 N–H and O–H groups in total. The summed E-state index contributed by atoms with van der Waals surface area (Å²) in [6.07, 6.45) is 4.08. The SMILES string of the molecule is Cc1cc2c3cc(CC(C)(C)C)ccc3n3c4cc(CC(C)(C)C)cc5nc[n+](C)c(c(c1C)c23)c54. The fourth-order valence-electron chi connectivity index (χ4n) is 6.30. The summed E-state index contributed by atoms with van der Waals surface area (Å²) in [5.41, 5.74) is 12.2. The maximum absolute atomic E-state index is 4.93. The maximum atomic E-state index is 4.93. The molecule has 0 spiro atoms. The number of benzene rings is 3. The van der Waals surface area contributed by atoms with Crippen LogP contribution in [0.3, 0.4) is 0 Å². The molecular weight excluding hydrogens is 438 g/mol. The number of pyridine rings is 1. The van der Waals surface area contributed by atoms with Crippen LogP contribution in [0.4, 0.5) is 0 Å². The van der Waals surface area contributed by atoms with Gasteiger partial charge in [-0.2, -0.15) is 0 Å². The summed E-state index contributed by atoms with van der Waals surface area (Å²) in [5, 5.41) is 5.32. The Labute approximate surface area is 214 Å². The molecule has 3 aromatic heterocycles. The van der Waals surface area contributed by atoms with Crippen molar-refractivity contribution in [3.05, 3.63) is 65.0 Å². The fourth-order valence-corrected chi connectivity index (χ4v) is 6.30. The minimum Gasteiger partial charge on any atom is -0.308 e. The summed E-state index contributed by atoms with van der Waals surface area (Å²) in [6.45, 7) is 18.4. The first-order valence-electron chi connectivity index (χ1n) is 13.2. The zero-order chi connectivity index (χ0) is 25.7. The van der Waals surface area contributed by atoms with Gasteiger partial charge >= 0.3 is 0 Å². The molecule has 0 aliphatic carbocycles. The maximum Gasteiger partial charge on any atom is 0.287 e. The van der Waals surface area contributed by atoms with Gasteiger partial charge < -0.3 is 4.40 Å². The van der Waals surface area contributed by atoms with E-state index >= 15 is 0 Å². The van der Waals surface area contributed by atoms with E-state index in [2.05, 4.69) is 108 Å². The Bertz CT molecular complexity index is 1820. The molecule has 0 radical (unpaired) electrons. The molecule has 0 aliphatic rings. The van der Waals surface area contributed by atoms with Crippen molar-refractivity contribution in [2.24, 2.45) is 17.9 Å². The lowest BCUT2D eigenvalue weighted by Crippen LogP contribution is -2.30. The normalized spacial score (nSPS) is 13.4. The van der Waals surface area contributed by atoms with Crippen LogP contribution in [-0.2, 0) is 19.9 Å². The van der Waals surface area contributed by atoms with Crippen molar-refractivity contribution in [2.45, 2.75) is 68.2 Å². The van der Waals surface area contributed by atoms with Gasteiger partial charge in [0.2, 0.25) is 0 Å². The number of hydrogen-bond acceptors (Lipinski definition) is 1. The molecule has 36 heavy (non-hydrogen) atoms. The van der Waals surface area contributed by atoms with Crippen molar-refractivity contribution >= 4 is 49.1 Å². The van der Waals surface area contributed by atoms with Crippen LogP contribution < -0.4 is 4.57 Å². The fraction of sp³-hybridized carbons (Fsp3) is 0.394. The molecule has 3 heteroatoms. The summed E-state index contributed by atoms with van der Waals surface area (Å²) in [7, 11) is 2.14. The van der Waals surface area contributed by atoms with Crippen molar-refractivity contribution in [1.29, 1.82) is 0 Å². The Kier molecular flexibility index (Phi) is 4.78. The highest BCUT2D eigenvalue weighted by atomic mass is 15.0. The summed E-state index contributed by atoms with van der Waals surface area (Å²) >= 11 is 0. The van der Waals surface area contributed by atoms with E-state index in [0.29, 0.717) is 0 Å². The van der Waals surface area contributed by atoms with E-state index < -0.39 is 0 Å². The lowest BCUT2D eigenvalue weighted by Gasteiger charge is -2.19. The van der Waals surface area contributed by atoms with E-state index in [-0.39, 0.29) is 10.8 Å².